The summed E-state index contributed by atoms with van der Waals surface area (Å²) in [6, 6.07) is 12.2. The predicted molar refractivity (Wildman–Crippen MR) is 121 cm³/mol. The highest BCUT2D eigenvalue weighted by Crippen LogP contribution is 2.21. The topological polar surface area (TPSA) is 119 Å². The predicted octanol–water partition coefficient (Wildman–Crippen LogP) is 2.48. The van der Waals surface area contributed by atoms with Crippen molar-refractivity contribution < 1.29 is 19.1 Å². The number of benzene rings is 2. The number of amides is 3. The molecule has 1 aromatic heterocycles. The van der Waals surface area contributed by atoms with E-state index in [0.717, 1.165) is 19.3 Å². The van der Waals surface area contributed by atoms with Crippen LogP contribution in [0.1, 0.15) is 47.1 Å². The van der Waals surface area contributed by atoms with Gasteiger partial charge in [0, 0.05) is 25.6 Å². The van der Waals surface area contributed by atoms with Crippen molar-refractivity contribution in [1.82, 2.24) is 20.2 Å². The lowest BCUT2D eigenvalue weighted by Gasteiger charge is -2.18. The summed E-state index contributed by atoms with van der Waals surface area (Å²) in [5.41, 5.74) is 0.856. The van der Waals surface area contributed by atoms with Crippen molar-refractivity contribution in [3.8, 4) is 0 Å². The molecule has 0 unspecified atom stereocenters. The minimum absolute atomic E-state index is 0.121. The Morgan fingerprint density at radius 3 is 2.61 bits per heavy atom. The number of hydrogen-bond donors (Lipinski definition) is 2. The molecule has 0 bridgehead atoms. The Morgan fingerprint density at radius 2 is 1.85 bits per heavy atom. The number of fused-ring (bicyclic) bond motifs is 2. The number of aromatic nitrogens is 2. The minimum Gasteiger partial charge on any atom is -0.444 e. The Labute approximate surface area is 189 Å². The monoisotopic (exact) mass is 448 g/mol. The van der Waals surface area contributed by atoms with Gasteiger partial charge in [0.2, 0.25) is 6.10 Å². The Bertz CT molecular complexity index is 1270. The van der Waals surface area contributed by atoms with Crippen LogP contribution in [0.5, 0.6) is 0 Å². The van der Waals surface area contributed by atoms with E-state index in [4.69, 9.17) is 4.74 Å². The molecule has 0 saturated heterocycles. The van der Waals surface area contributed by atoms with Gasteiger partial charge in [-0.3, -0.25) is 19.5 Å². The third-order valence-corrected chi connectivity index (χ3v) is 5.58. The Balaban J connectivity index is 1.65. The Kier molecular flexibility index (Phi) is 6.48. The Morgan fingerprint density at radius 1 is 1.06 bits per heavy atom. The quantitative estimate of drug-likeness (QED) is 0.592. The molecule has 9 heteroatoms. The first kappa shape index (κ1) is 22.2. The zero-order valence-electron chi connectivity index (χ0n) is 18.2. The molecule has 2 N–H and O–H groups in total. The average Bonchev–Trinajstić information content (AvgIpc) is 3.08. The van der Waals surface area contributed by atoms with Crippen LogP contribution in [0.25, 0.3) is 10.9 Å². The molecule has 1 atom stereocenters. The lowest BCUT2D eigenvalue weighted by molar-refractivity contribution is -0.129. The summed E-state index contributed by atoms with van der Waals surface area (Å²) in [6.07, 6.45) is 2.30. The fraction of sp³-hybridized carbons (Fsp3) is 0.292. The third kappa shape index (κ3) is 4.77. The third-order valence-electron chi connectivity index (χ3n) is 5.58. The van der Waals surface area contributed by atoms with Gasteiger partial charge in [0.1, 0.15) is 5.82 Å². The molecular formula is C24H24N4O5. The van der Waals surface area contributed by atoms with Crippen LogP contribution in [0.15, 0.2) is 53.3 Å². The average molecular weight is 448 g/mol. The molecule has 3 amide bonds. The van der Waals surface area contributed by atoms with Gasteiger partial charge in [0.15, 0.2) is 0 Å². The normalized spacial score (nSPS) is 14.0. The summed E-state index contributed by atoms with van der Waals surface area (Å²) in [7, 11) is 1.37. The van der Waals surface area contributed by atoms with E-state index in [-0.39, 0.29) is 11.1 Å². The van der Waals surface area contributed by atoms with Crippen LogP contribution in [0, 0.1) is 0 Å². The van der Waals surface area contributed by atoms with Gasteiger partial charge in [-0.25, -0.2) is 14.6 Å². The smallest absolute Gasteiger partial charge is 0.339 e. The van der Waals surface area contributed by atoms with Gasteiger partial charge >= 0.3 is 12.0 Å². The van der Waals surface area contributed by atoms with E-state index < -0.39 is 24.0 Å². The first-order valence-electron chi connectivity index (χ1n) is 10.8. The van der Waals surface area contributed by atoms with Gasteiger partial charge in [-0.1, -0.05) is 36.8 Å². The van der Waals surface area contributed by atoms with Gasteiger partial charge in [0.05, 0.1) is 16.5 Å². The van der Waals surface area contributed by atoms with Gasteiger partial charge in [-0.15, -0.1) is 0 Å². The van der Waals surface area contributed by atoms with Crippen LogP contribution in [-0.4, -0.2) is 34.5 Å². The van der Waals surface area contributed by atoms with Crippen molar-refractivity contribution in [2.75, 3.05) is 7.05 Å². The maximum atomic E-state index is 12.9. The lowest BCUT2D eigenvalue weighted by atomic mass is 10.1. The molecule has 0 aliphatic carbocycles. The SMILES string of the molecule is CNC(=O)NC(=O)[C@@H](OC(=O)c1ccc2c(=O)n3c(nc2c1)CCCCC3)c1ccccc1. The molecule has 0 saturated carbocycles. The van der Waals surface area contributed by atoms with Crippen LogP contribution in [0.2, 0.25) is 0 Å². The van der Waals surface area contributed by atoms with Crippen molar-refractivity contribution in [2.24, 2.45) is 0 Å². The van der Waals surface area contributed by atoms with E-state index in [2.05, 4.69) is 15.6 Å². The summed E-state index contributed by atoms with van der Waals surface area (Å²) in [5.74, 6) is -0.839. The van der Waals surface area contributed by atoms with E-state index in [1.807, 2.05) is 0 Å². The number of urea groups is 1. The van der Waals surface area contributed by atoms with E-state index in [1.165, 1.54) is 19.2 Å². The first-order valence-corrected chi connectivity index (χ1v) is 10.8. The zero-order valence-corrected chi connectivity index (χ0v) is 18.2. The molecule has 2 aromatic carbocycles. The first-order chi connectivity index (χ1) is 16.0. The number of ether oxygens (including phenoxy) is 1. The van der Waals surface area contributed by atoms with Crippen LogP contribution in [0.4, 0.5) is 4.79 Å². The molecule has 0 fully saturated rings. The summed E-state index contributed by atoms with van der Waals surface area (Å²) >= 11 is 0. The van der Waals surface area contributed by atoms with Crippen molar-refractivity contribution in [1.29, 1.82) is 0 Å². The zero-order chi connectivity index (χ0) is 23.4. The molecule has 3 aromatic rings. The van der Waals surface area contributed by atoms with E-state index >= 15 is 0 Å². The molecular weight excluding hydrogens is 424 g/mol. The highest BCUT2D eigenvalue weighted by atomic mass is 16.5. The highest BCUT2D eigenvalue weighted by Gasteiger charge is 2.27. The molecule has 9 nitrogen and oxygen atoms in total. The van der Waals surface area contributed by atoms with Crippen LogP contribution >= 0.6 is 0 Å². The largest absolute Gasteiger partial charge is 0.444 e. The van der Waals surface area contributed by atoms with E-state index in [1.54, 1.807) is 41.0 Å². The number of imide groups is 1. The van der Waals surface area contributed by atoms with Crippen molar-refractivity contribution >= 4 is 28.8 Å². The maximum absolute atomic E-state index is 12.9. The van der Waals surface area contributed by atoms with Crippen LogP contribution in [0.3, 0.4) is 0 Å². The number of rotatable bonds is 4. The summed E-state index contributed by atoms with van der Waals surface area (Å²) < 4.78 is 7.21. The molecule has 4 rings (SSSR count). The second kappa shape index (κ2) is 9.64. The standard InChI is InChI=1S/C24H24N4O5/c1-25-24(32)27-21(29)20(15-8-4-2-5-9-15)33-23(31)16-11-12-17-18(14-16)26-19-10-6-3-7-13-28(19)22(17)30/h2,4-5,8-9,11-12,14,20H,3,6-7,10,13H2,1H3,(H2,25,27,29,32)/t20-/m0/s1. The number of hydrogen-bond acceptors (Lipinski definition) is 6. The molecule has 2 heterocycles. The van der Waals surface area contributed by atoms with Gasteiger partial charge in [0.25, 0.3) is 11.5 Å². The molecule has 33 heavy (non-hydrogen) atoms. The minimum atomic E-state index is -1.34. The van der Waals surface area contributed by atoms with Crippen molar-refractivity contribution in [2.45, 2.75) is 38.3 Å². The van der Waals surface area contributed by atoms with E-state index in [9.17, 15) is 19.2 Å². The van der Waals surface area contributed by atoms with E-state index in [0.29, 0.717) is 35.3 Å². The van der Waals surface area contributed by atoms with Crippen molar-refractivity contribution in [3.05, 3.63) is 75.8 Å². The fourth-order valence-corrected chi connectivity index (χ4v) is 3.86. The van der Waals surface area contributed by atoms with Crippen LogP contribution < -0.4 is 16.2 Å². The number of nitrogens with one attached hydrogen (secondary N) is 2. The second-order valence-corrected chi connectivity index (χ2v) is 7.79. The van der Waals surface area contributed by atoms with Crippen LogP contribution in [-0.2, 0) is 22.5 Å². The molecule has 1 aliphatic rings. The number of carbonyl (C=O) groups excluding carboxylic acids is 3. The molecule has 1 aliphatic heterocycles. The summed E-state index contributed by atoms with van der Waals surface area (Å²) in [6.45, 7) is 0.639. The fourth-order valence-electron chi connectivity index (χ4n) is 3.86. The molecule has 170 valence electrons. The number of aryl methyl sites for hydroxylation is 1. The van der Waals surface area contributed by atoms with Gasteiger partial charge < -0.3 is 10.1 Å². The number of esters is 1. The second-order valence-electron chi connectivity index (χ2n) is 7.79. The van der Waals surface area contributed by atoms with Gasteiger partial charge in [-0.05, 0) is 31.0 Å². The summed E-state index contributed by atoms with van der Waals surface area (Å²) in [5, 5.41) is 4.86. The molecule has 0 radical (unpaired) electrons. The lowest BCUT2D eigenvalue weighted by Crippen LogP contribution is -2.41. The Hall–Kier alpha value is -4.01. The summed E-state index contributed by atoms with van der Waals surface area (Å²) in [4.78, 5) is 54.7. The van der Waals surface area contributed by atoms with Crippen molar-refractivity contribution in [3.63, 3.8) is 0 Å². The number of nitrogens with zero attached hydrogens (tertiary/aromatic N) is 2. The number of carbonyl (C=O) groups is 3. The maximum Gasteiger partial charge on any atom is 0.339 e. The highest BCUT2D eigenvalue weighted by molar-refractivity contribution is 6.00. The molecule has 0 spiro atoms. The van der Waals surface area contributed by atoms with Gasteiger partial charge in [-0.2, -0.15) is 0 Å².